The third-order valence-corrected chi connectivity index (χ3v) is 8.32. The lowest BCUT2D eigenvalue weighted by Crippen LogP contribution is -2.59. The Morgan fingerprint density at radius 1 is 0.700 bits per heavy atom. The van der Waals surface area contributed by atoms with Crippen molar-refractivity contribution < 1.29 is 48.8 Å². The number of hydrogen-bond donors (Lipinski definition) is 7. The van der Waals surface area contributed by atoms with Crippen LogP contribution < -0.4 is 21.3 Å². The van der Waals surface area contributed by atoms with Gasteiger partial charge in [0.2, 0.25) is 17.7 Å². The summed E-state index contributed by atoms with van der Waals surface area (Å²) in [4.78, 5) is 76.0. The summed E-state index contributed by atoms with van der Waals surface area (Å²) in [6.45, 7) is 4.39. The van der Waals surface area contributed by atoms with Crippen LogP contribution in [0.3, 0.4) is 0 Å². The first kappa shape index (κ1) is 36.9. The summed E-state index contributed by atoms with van der Waals surface area (Å²) in [6, 6.07) is 15.7. The van der Waals surface area contributed by atoms with Gasteiger partial charge in [0.15, 0.2) is 0 Å². The van der Waals surface area contributed by atoms with Gasteiger partial charge in [0, 0.05) is 12.3 Å². The van der Waals surface area contributed by atoms with E-state index in [1.54, 1.807) is 13.8 Å². The molecule has 0 saturated carbocycles. The maximum atomic E-state index is 13.5. The standard InChI is InChI=1S/C36H40N4O10/c1-19(2)31(34(46)38-28(32(44)37-20(3)35(47)48)16-21-12-14-22(41)15-13-21)40-33(45)29(17-30(42)43)39-36(49)50-18-27-25-10-6-4-8-23(25)24-9-5-7-11-26(24)27/h4-15,19-20,27-29,31,41H,16-18H2,1-3H3,(H,37,44)(H,38,46)(H,39,49)(H,40,45)(H,42,43)(H,47,48)/t20-,28-,29-,31?/m0/s1. The number of fused-ring (bicyclic) bond motifs is 3. The zero-order valence-corrected chi connectivity index (χ0v) is 27.7. The normalized spacial score (nSPS) is 14.2. The lowest BCUT2D eigenvalue weighted by molar-refractivity contribution is -0.141. The van der Waals surface area contributed by atoms with Gasteiger partial charge < -0.3 is 41.3 Å². The van der Waals surface area contributed by atoms with Crippen LogP contribution in [0.1, 0.15) is 49.8 Å². The number of phenolic OH excluding ortho intramolecular Hbond substituents is 1. The Hall–Kier alpha value is -5.92. The summed E-state index contributed by atoms with van der Waals surface area (Å²) < 4.78 is 5.49. The second kappa shape index (κ2) is 16.5. The molecule has 50 heavy (non-hydrogen) atoms. The van der Waals surface area contributed by atoms with E-state index in [4.69, 9.17) is 4.74 Å². The van der Waals surface area contributed by atoms with E-state index in [2.05, 4.69) is 21.3 Å². The molecule has 0 bridgehead atoms. The van der Waals surface area contributed by atoms with Gasteiger partial charge in [-0.1, -0.05) is 74.5 Å². The molecule has 0 radical (unpaired) electrons. The number of hydrogen-bond acceptors (Lipinski definition) is 8. The van der Waals surface area contributed by atoms with E-state index in [9.17, 15) is 44.1 Å². The van der Waals surface area contributed by atoms with Crippen LogP contribution in [0.5, 0.6) is 5.75 Å². The first-order valence-corrected chi connectivity index (χ1v) is 16.0. The van der Waals surface area contributed by atoms with E-state index in [0.29, 0.717) is 5.56 Å². The van der Waals surface area contributed by atoms with Gasteiger partial charge in [-0.15, -0.1) is 0 Å². The summed E-state index contributed by atoms with van der Waals surface area (Å²) in [5.41, 5.74) is 4.48. The molecule has 14 nitrogen and oxygen atoms in total. The van der Waals surface area contributed by atoms with Crippen molar-refractivity contribution in [1.29, 1.82) is 0 Å². The van der Waals surface area contributed by atoms with E-state index >= 15 is 0 Å². The number of ether oxygens (including phenoxy) is 1. The van der Waals surface area contributed by atoms with Crippen molar-refractivity contribution in [2.75, 3.05) is 6.61 Å². The van der Waals surface area contributed by atoms with Crippen molar-refractivity contribution >= 4 is 35.8 Å². The molecule has 0 aromatic heterocycles. The Morgan fingerprint density at radius 2 is 1.26 bits per heavy atom. The van der Waals surface area contributed by atoms with Crippen molar-refractivity contribution in [3.63, 3.8) is 0 Å². The average Bonchev–Trinajstić information content (AvgIpc) is 3.39. The van der Waals surface area contributed by atoms with Gasteiger partial charge in [-0.05, 0) is 52.8 Å². The largest absolute Gasteiger partial charge is 0.508 e. The summed E-state index contributed by atoms with van der Waals surface area (Å²) in [7, 11) is 0. The quantitative estimate of drug-likeness (QED) is 0.124. The summed E-state index contributed by atoms with van der Waals surface area (Å²) in [5, 5.41) is 38.0. The molecular formula is C36H40N4O10. The molecule has 3 aromatic carbocycles. The predicted octanol–water partition coefficient (Wildman–Crippen LogP) is 2.53. The van der Waals surface area contributed by atoms with E-state index in [-0.39, 0.29) is 24.7 Å². The molecule has 0 saturated heterocycles. The molecule has 0 aliphatic heterocycles. The summed E-state index contributed by atoms with van der Waals surface area (Å²) in [6.07, 6.45) is -1.94. The second-order valence-corrected chi connectivity index (χ2v) is 12.4. The van der Waals surface area contributed by atoms with Crippen molar-refractivity contribution in [2.45, 2.75) is 63.7 Å². The Balaban J connectivity index is 1.44. The number of benzene rings is 3. The molecule has 4 atom stereocenters. The van der Waals surface area contributed by atoms with Crippen LogP contribution >= 0.6 is 0 Å². The molecule has 4 rings (SSSR count). The number of alkyl carbamates (subject to hydrolysis) is 1. The number of carbonyl (C=O) groups excluding carboxylic acids is 4. The highest BCUT2D eigenvalue weighted by atomic mass is 16.5. The number of nitrogens with one attached hydrogen (secondary N) is 4. The number of carbonyl (C=O) groups is 6. The third-order valence-electron chi connectivity index (χ3n) is 8.32. The number of aromatic hydroxyl groups is 1. The number of carboxylic acids is 2. The van der Waals surface area contributed by atoms with E-state index in [0.717, 1.165) is 22.3 Å². The Bertz CT molecular complexity index is 1700. The monoisotopic (exact) mass is 688 g/mol. The van der Waals surface area contributed by atoms with Crippen LogP contribution in [-0.4, -0.2) is 81.8 Å². The molecule has 1 aliphatic carbocycles. The zero-order valence-electron chi connectivity index (χ0n) is 27.7. The average molecular weight is 689 g/mol. The Labute approximate surface area is 288 Å². The molecule has 0 heterocycles. The fourth-order valence-corrected chi connectivity index (χ4v) is 5.67. The smallest absolute Gasteiger partial charge is 0.407 e. The molecule has 0 fully saturated rings. The van der Waals surface area contributed by atoms with Crippen molar-refractivity contribution in [3.05, 3.63) is 89.5 Å². The SMILES string of the molecule is CC(C)C(NC(=O)[C@H](CC(=O)O)NC(=O)OCC1c2ccccc2-c2ccccc21)C(=O)N[C@@H](Cc1ccc(O)cc1)C(=O)N[C@@H](C)C(=O)O. The fourth-order valence-electron chi connectivity index (χ4n) is 5.67. The van der Waals surface area contributed by atoms with Gasteiger partial charge in [-0.2, -0.15) is 0 Å². The van der Waals surface area contributed by atoms with Crippen molar-refractivity contribution in [3.8, 4) is 16.9 Å². The molecule has 4 amide bonds. The van der Waals surface area contributed by atoms with E-state index in [1.165, 1.54) is 31.2 Å². The van der Waals surface area contributed by atoms with Crippen LogP contribution in [0, 0.1) is 5.92 Å². The number of amides is 4. The summed E-state index contributed by atoms with van der Waals surface area (Å²) in [5.74, 6) is -6.17. The van der Waals surface area contributed by atoms with Gasteiger partial charge >= 0.3 is 18.0 Å². The van der Waals surface area contributed by atoms with Crippen LogP contribution in [0.25, 0.3) is 11.1 Å². The molecule has 264 valence electrons. The molecule has 1 aliphatic rings. The lowest BCUT2D eigenvalue weighted by Gasteiger charge is -2.27. The number of carboxylic acid groups (broad SMARTS) is 2. The molecule has 3 aromatic rings. The van der Waals surface area contributed by atoms with Crippen LogP contribution in [0.2, 0.25) is 0 Å². The van der Waals surface area contributed by atoms with E-state index in [1.807, 2.05) is 48.5 Å². The highest BCUT2D eigenvalue weighted by molar-refractivity contribution is 5.96. The lowest BCUT2D eigenvalue weighted by atomic mass is 9.98. The maximum absolute atomic E-state index is 13.5. The highest BCUT2D eigenvalue weighted by Crippen LogP contribution is 2.44. The number of phenols is 1. The van der Waals surface area contributed by atoms with Crippen LogP contribution in [-0.2, 0) is 35.1 Å². The summed E-state index contributed by atoms with van der Waals surface area (Å²) >= 11 is 0. The fraction of sp³-hybridized carbons (Fsp3) is 0.333. The minimum atomic E-state index is -1.62. The number of rotatable bonds is 15. The van der Waals surface area contributed by atoms with Crippen molar-refractivity contribution in [1.82, 2.24) is 21.3 Å². The van der Waals surface area contributed by atoms with E-state index < -0.39 is 72.3 Å². The topological polar surface area (TPSA) is 220 Å². The molecule has 0 spiro atoms. The minimum Gasteiger partial charge on any atom is -0.508 e. The van der Waals surface area contributed by atoms with Crippen molar-refractivity contribution in [2.24, 2.45) is 5.92 Å². The predicted molar refractivity (Wildman–Crippen MR) is 180 cm³/mol. The molecular weight excluding hydrogens is 648 g/mol. The third kappa shape index (κ3) is 9.36. The molecule has 7 N–H and O–H groups in total. The van der Waals surface area contributed by atoms with Gasteiger partial charge in [0.25, 0.3) is 0 Å². The van der Waals surface area contributed by atoms with Gasteiger partial charge in [0.1, 0.15) is 36.5 Å². The Morgan fingerprint density at radius 3 is 1.80 bits per heavy atom. The van der Waals surface area contributed by atoms with Gasteiger partial charge in [0.05, 0.1) is 6.42 Å². The van der Waals surface area contributed by atoms with Crippen LogP contribution in [0.15, 0.2) is 72.8 Å². The van der Waals surface area contributed by atoms with Gasteiger partial charge in [-0.25, -0.2) is 4.79 Å². The first-order valence-electron chi connectivity index (χ1n) is 16.0. The molecule has 14 heteroatoms. The van der Waals surface area contributed by atoms with Gasteiger partial charge in [-0.3, -0.25) is 24.0 Å². The second-order valence-electron chi connectivity index (χ2n) is 12.4. The Kier molecular flexibility index (Phi) is 12.1. The highest BCUT2D eigenvalue weighted by Gasteiger charge is 2.34. The number of aliphatic carboxylic acids is 2. The first-order chi connectivity index (χ1) is 23.7. The van der Waals surface area contributed by atoms with Crippen LogP contribution in [0.4, 0.5) is 4.79 Å². The zero-order chi connectivity index (χ0) is 36.5. The molecule has 1 unspecified atom stereocenters. The minimum absolute atomic E-state index is 0.0246. The maximum Gasteiger partial charge on any atom is 0.407 e.